The van der Waals surface area contributed by atoms with Crippen molar-refractivity contribution in [3.63, 3.8) is 0 Å². The molecule has 53 heavy (non-hydrogen) atoms. The third-order valence-electron chi connectivity index (χ3n) is 18.2. The Labute approximate surface area is 321 Å². The number of rotatable bonds is 10. The molecule has 9 nitrogen and oxygen atoms in total. The van der Waals surface area contributed by atoms with Gasteiger partial charge in [0.2, 0.25) is 0 Å². The second-order valence-corrected chi connectivity index (χ2v) is 21.1. The number of aliphatic hydroxyl groups excluding tert-OH is 1. The van der Waals surface area contributed by atoms with Crippen LogP contribution < -0.4 is 0 Å². The van der Waals surface area contributed by atoms with E-state index in [9.17, 15) is 10.2 Å². The lowest BCUT2D eigenvalue weighted by molar-refractivity contribution is -0.251. The van der Waals surface area contributed by atoms with Gasteiger partial charge in [-0.3, -0.25) is 4.90 Å². The van der Waals surface area contributed by atoms with E-state index in [2.05, 4.69) is 44.4 Å². The average molecular weight is 745 g/mol. The Morgan fingerprint density at radius 3 is 2.36 bits per heavy atom. The number of methoxy groups -OCH3 is 1. The molecule has 3 unspecified atom stereocenters. The van der Waals surface area contributed by atoms with Crippen LogP contribution in [-0.4, -0.2) is 128 Å². The van der Waals surface area contributed by atoms with E-state index in [4.69, 9.17) is 23.7 Å². The van der Waals surface area contributed by atoms with Crippen LogP contribution in [0.2, 0.25) is 0 Å². The second-order valence-electron chi connectivity index (χ2n) is 21.1. The van der Waals surface area contributed by atoms with Crippen molar-refractivity contribution in [1.29, 1.82) is 0 Å². The summed E-state index contributed by atoms with van der Waals surface area (Å²) in [5.74, 6) is 1.84. The van der Waals surface area contributed by atoms with Gasteiger partial charge in [0, 0.05) is 44.8 Å². The van der Waals surface area contributed by atoms with E-state index in [0.717, 1.165) is 58.8 Å². The number of hydrogen-bond acceptors (Lipinski definition) is 9. The number of ether oxygens (including phenoxy) is 5. The molecule has 8 aliphatic rings. The predicted molar refractivity (Wildman–Crippen MR) is 205 cm³/mol. The lowest BCUT2D eigenvalue weighted by Crippen LogP contribution is -2.60. The Morgan fingerprint density at radius 2 is 1.66 bits per heavy atom. The molecular formula is C44H76N2O7. The molecule has 0 amide bonds. The molecule has 8 rings (SSSR count). The van der Waals surface area contributed by atoms with Crippen molar-refractivity contribution in [2.24, 2.45) is 50.7 Å². The van der Waals surface area contributed by atoms with Gasteiger partial charge in [-0.15, -0.1) is 0 Å². The Morgan fingerprint density at radius 1 is 0.943 bits per heavy atom. The zero-order chi connectivity index (χ0) is 37.8. The number of fused-ring (bicyclic) bond motifs is 4. The van der Waals surface area contributed by atoms with Crippen molar-refractivity contribution in [3.05, 3.63) is 0 Å². The van der Waals surface area contributed by atoms with E-state index in [0.29, 0.717) is 47.2 Å². The van der Waals surface area contributed by atoms with Gasteiger partial charge in [0.05, 0.1) is 43.2 Å². The molecule has 8 fully saturated rings. The quantitative estimate of drug-likeness (QED) is 0.274. The van der Waals surface area contributed by atoms with E-state index in [1.165, 1.54) is 51.4 Å². The largest absolute Gasteiger partial charge is 0.390 e. The smallest absolute Gasteiger partial charge is 0.170 e. The normalized spacial score (nSPS) is 49.3. The molecule has 0 radical (unpaired) electrons. The van der Waals surface area contributed by atoms with Crippen molar-refractivity contribution >= 4 is 0 Å². The van der Waals surface area contributed by atoms with Crippen LogP contribution in [-0.2, 0) is 23.7 Å². The third-order valence-corrected chi connectivity index (χ3v) is 18.2. The van der Waals surface area contributed by atoms with Crippen LogP contribution in [0.25, 0.3) is 0 Å². The highest BCUT2D eigenvalue weighted by Crippen LogP contribution is 2.89. The van der Waals surface area contributed by atoms with Crippen molar-refractivity contribution < 1.29 is 33.9 Å². The van der Waals surface area contributed by atoms with E-state index < -0.39 is 17.8 Å². The van der Waals surface area contributed by atoms with Crippen LogP contribution in [0.1, 0.15) is 120 Å². The summed E-state index contributed by atoms with van der Waals surface area (Å²) in [6, 6.07) is 0.619. The van der Waals surface area contributed by atoms with Gasteiger partial charge in [0.25, 0.3) is 0 Å². The van der Waals surface area contributed by atoms with Crippen LogP contribution >= 0.6 is 0 Å². The molecule has 5 saturated carbocycles. The standard InChI is InChI=1S/C44H76N2O7/c1-10-50-38(40(5,6)48)30-25-28(2)35-36(52-30)37(47)42(8)32-12-11-31-39(3,4)33(13-16-43(31)27-44(32,43)18-17-41(35,42)7)53-34-26-46(22-24-51-34)29-14-19-45(20-15-29)21-23-49-9/h28-38,47-48H,10-27H2,1-9H3/t28-,30?,31+,32?,33+,34+,35+,36?,37+,38+,41-,42-,43-,44+/m1/s1. The highest BCUT2D eigenvalue weighted by molar-refractivity contribution is 5.33. The summed E-state index contributed by atoms with van der Waals surface area (Å²) in [7, 11) is 1.80. The molecule has 9 heteroatoms. The first-order valence-corrected chi connectivity index (χ1v) is 22.0. The molecule has 304 valence electrons. The van der Waals surface area contributed by atoms with Gasteiger partial charge in [-0.25, -0.2) is 0 Å². The minimum atomic E-state index is -1.01. The fourth-order valence-corrected chi connectivity index (χ4v) is 15.7. The highest BCUT2D eigenvalue weighted by atomic mass is 16.7. The number of aliphatic hydroxyl groups is 2. The molecule has 0 bridgehead atoms. The number of likely N-dealkylation sites (tertiary alicyclic amines) is 1. The number of nitrogens with zero attached hydrogens (tertiary/aromatic N) is 2. The minimum absolute atomic E-state index is 0.0183. The highest BCUT2D eigenvalue weighted by Gasteiger charge is 2.84. The van der Waals surface area contributed by atoms with Crippen LogP contribution in [0.15, 0.2) is 0 Å². The lowest BCUT2D eigenvalue weighted by atomic mass is 9.41. The van der Waals surface area contributed by atoms with E-state index in [1.54, 1.807) is 7.11 Å². The summed E-state index contributed by atoms with van der Waals surface area (Å²) in [5, 5.41) is 23.8. The number of piperidine rings is 1. The van der Waals surface area contributed by atoms with E-state index in [-0.39, 0.29) is 40.8 Å². The van der Waals surface area contributed by atoms with Crippen molar-refractivity contribution in [2.75, 3.05) is 59.7 Å². The molecule has 0 aromatic rings. The summed E-state index contributed by atoms with van der Waals surface area (Å²) >= 11 is 0. The van der Waals surface area contributed by atoms with Gasteiger partial charge in [0.15, 0.2) is 6.29 Å². The van der Waals surface area contributed by atoms with Gasteiger partial charge in [0.1, 0.15) is 6.10 Å². The van der Waals surface area contributed by atoms with Crippen molar-refractivity contribution in [3.8, 4) is 0 Å². The molecule has 14 atom stereocenters. The van der Waals surface area contributed by atoms with Gasteiger partial charge in [-0.05, 0) is 143 Å². The fourth-order valence-electron chi connectivity index (χ4n) is 15.7. The molecule has 2 N–H and O–H groups in total. The maximum atomic E-state index is 12.7. The van der Waals surface area contributed by atoms with E-state index in [1.807, 2.05) is 20.8 Å². The Bertz CT molecular complexity index is 1320. The maximum absolute atomic E-state index is 12.7. The molecule has 3 saturated heterocycles. The molecule has 5 aliphatic carbocycles. The van der Waals surface area contributed by atoms with Crippen LogP contribution in [0.4, 0.5) is 0 Å². The fraction of sp³-hybridized carbons (Fsp3) is 1.00. The average Bonchev–Trinajstić information content (AvgIpc) is 3.75. The SMILES string of the molecule is CCO[C@@H](C1C[C@@H](C)[C@H]2C(O1)[C@H](O)[C@@]1(C)C3CC[C@H]4C(C)(C)[C@@H](O[C@H]5CN(C6CCN(CCOC)CC6)CCO5)CC[C@@]45C[C@@]35CC[C@]21C)C(C)(C)O. The first-order valence-electron chi connectivity index (χ1n) is 22.0. The predicted octanol–water partition coefficient (Wildman–Crippen LogP) is 6.13. The first-order chi connectivity index (χ1) is 25.1. The van der Waals surface area contributed by atoms with Crippen molar-refractivity contribution in [2.45, 2.75) is 168 Å². The van der Waals surface area contributed by atoms with Crippen LogP contribution in [0, 0.1) is 50.7 Å². The van der Waals surface area contributed by atoms with Crippen LogP contribution in [0.3, 0.4) is 0 Å². The van der Waals surface area contributed by atoms with Crippen LogP contribution in [0.5, 0.6) is 0 Å². The summed E-state index contributed by atoms with van der Waals surface area (Å²) in [4.78, 5) is 5.21. The Balaban J connectivity index is 0.959. The van der Waals surface area contributed by atoms with Gasteiger partial charge in [-0.2, -0.15) is 0 Å². The van der Waals surface area contributed by atoms with Gasteiger partial charge < -0.3 is 38.8 Å². The summed E-state index contributed by atoms with van der Waals surface area (Å²) in [6.45, 7) is 25.4. The zero-order valence-electron chi connectivity index (χ0n) is 34.9. The second kappa shape index (κ2) is 13.9. The molecule has 0 aromatic heterocycles. The molecular weight excluding hydrogens is 668 g/mol. The molecule has 2 spiro atoms. The summed E-state index contributed by atoms with van der Waals surface area (Å²) < 4.78 is 31.9. The number of morpholine rings is 1. The van der Waals surface area contributed by atoms with Crippen molar-refractivity contribution in [1.82, 2.24) is 9.80 Å². The van der Waals surface area contributed by atoms with Gasteiger partial charge in [-0.1, -0.05) is 34.6 Å². The topological polar surface area (TPSA) is 93.1 Å². The third kappa shape index (κ3) is 5.92. The maximum Gasteiger partial charge on any atom is 0.170 e. The number of hydrogen-bond donors (Lipinski definition) is 2. The zero-order valence-corrected chi connectivity index (χ0v) is 34.9. The van der Waals surface area contributed by atoms with Gasteiger partial charge >= 0.3 is 0 Å². The monoisotopic (exact) mass is 745 g/mol. The summed E-state index contributed by atoms with van der Waals surface area (Å²) in [5.41, 5.74) is -0.468. The Kier molecular flexibility index (Phi) is 10.3. The Hall–Kier alpha value is -0.360. The minimum Gasteiger partial charge on any atom is -0.390 e. The molecule has 0 aromatic carbocycles. The lowest BCUT2D eigenvalue weighted by Gasteiger charge is -2.64. The summed E-state index contributed by atoms with van der Waals surface area (Å²) in [6.07, 6.45) is 10.5. The molecule has 3 heterocycles. The van der Waals surface area contributed by atoms with E-state index >= 15 is 0 Å². The molecule has 3 aliphatic heterocycles. The first kappa shape index (κ1) is 39.5.